The lowest BCUT2D eigenvalue weighted by Crippen LogP contribution is -2.11. The summed E-state index contributed by atoms with van der Waals surface area (Å²) in [6, 6.07) is 19.1. The minimum Gasteiger partial charge on any atom is -0.484 e. The maximum absolute atomic E-state index is 12.2. The van der Waals surface area contributed by atoms with Crippen molar-refractivity contribution in [2.75, 3.05) is 5.32 Å². The SMILES string of the molecule is N#Cc1ccccc1NC(=O)c1ccc(COc2ccccc2Cl)o1. The van der Waals surface area contributed by atoms with Gasteiger partial charge >= 0.3 is 0 Å². The zero-order chi connectivity index (χ0) is 17.6. The maximum Gasteiger partial charge on any atom is 0.291 e. The molecule has 2 aromatic carbocycles. The molecule has 1 N–H and O–H groups in total. The highest BCUT2D eigenvalue weighted by Crippen LogP contribution is 2.24. The summed E-state index contributed by atoms with van der Waals surface area (Å²) < 4.78 is 11.1. The molecule has 0 aliphatic carbocycles. The Morgan fingerprint density at radius 2 is 1.88 bits per heavy atom. The summed E-state index contributed by atoms with van der Waals surface area (Å²) in [5.74, 6) is 0.713. The van der Waals surface area contributed by atoms with Crippen LogP contribution in [0.3, 0.4) is 0 Å². The van der Waals surface area contributed by atoms with Crippen molar-refractivity contribution in [3.63, 3.8) is 0 Å². The van der Waals surface area contributed by atoms with Crippen LogP contribution in [0.15, 0.2) is 65.1 Å². The van der Waals surface area contributed by atoms with E-state index in [1.54, 1.807) is 48.5 Å². The van der Waals surface area contributed by atoms with E-state index in [4.69, 9.17) is 26.0 Å². The van der Waals surface area contributed by atoms with Gasteiger partial charge in [-0.3, -0.25) is 4.79 Å². The third-order valence-electron chi connectivity index (χ3n) is 3.39. The van der Waals surface area contributed by atoms with Crippen LogP contribution in [0, 0.1) is 11.3 Å². The number of carbonyl (C=O) groups excluding carboxylic acids is 1. The van der Waals surface area contributed by atoms with Gasteiger partial charge in [-0.15, -0.1) is 0 Å². The molecule has 5 nitrogen and oxygen atoms in total. The van der Waals surface area contributed by atoms with Gasteiger partial charge in [0.2, 0.25) is 0 Å². The average Bonchev–Trinajstić information content (AvgIpc) is 3.11. The van der Waals surface area contributed by atoms with E-state index in [2.05, 4.69) is 5.32 Å². The van der Waals surface area contributed by atoms with Gasteiger partial charge in [0.05, 0.1) is 16.3 Å². The average molecular weight is 353 g/mol. The summed E-state index contributed by atoms with van der Waals surface area (Å²) in [7, 11) is 0. The standard InChI is InChI=1S/C19H13ClN2O3/c20-15-6-2-4-8-17(15)24-12-14-9-10-18(25-14)19(23)22-16-7-3-1-5-13(16)11-21/h1-10H,12H2,(H,22,23). The van der Waals surface area contributed by atoms with Gasteiger partial charge in [-0.2, -0.15) is 5.26 Å². The fourth-order valence-corrected chi connectivity index (χ4v) is 2.35. The molecule has 0 unspecified atom stereocenters. The van der Waals surface area contributed by atoms with Crippen molar-refractivity contribution in [1.82, 2.24) is 0 Å². The van der Waals surface area contributed by atoms with Crippen LogP contribution in [0.2, 0.25) is 5.02 Å². The molecule has 0 aliphatic rings. The van der Waals surface area contributed by atoms with E-state index in [-0.39, 0.29) is 12.4 Å². The largest absolute Gasteiger partial charge is 0.484 e. The Balaban J connectivity index is 1.66. The topological polar surface area (TPSA) is 75.3 Å². The summed E-state index contributed by atoms with van der Waals surface area (Å²) in [5.41, 5.74) is 0.810. The zero-order valence-electron chi connectivity index (χ0n) is 13.0. The number of amides is 1. The first-order chi connectivity index (χ1) is 12.2. The maximum atomic E-state index is 12.2. The van der Waals surface area contributed by atoms with E-state index in [0.29, 0.717) is 27.8 Å². The molecule has 1 heterocycles. The number of para-hydroxylation sites is 2. The van der Waals surface area contributed by atoms with E-state index in [1.165, 1.54) is 0 Å². The van der Waals surface area contributed by atoms with Gasteiger partial charge in [0.1, 0.15) is 24.2 Å². The van der Waals surface area contributed by atoms with Gasteiger partial charge in [-0.25, -0.2) is 0 Å². The number of carbonyl (C=O) groups is 1. The molecular formula is C19H13ClN2O3. The van der Waals surface area contributed by atoms with Gasteiger partial charge in [0.25, 0.3) is 5.91 Å². The van der Waals surface area contributed by atoms with E-state index in [0.717, 1.165) is 0 Å². The van der Waals surface area contributed by atoms with Crippen LogP contribution >= 0.6 is 11.6 Å². The van der Waals surface area contributed by atoms with Crippen molar-refractivity contribution in [3.8, 4) is 11.8 Å². The van der Waals surface area contributed by atoms with Gasteiger partial charge < -0.3 is 14.5 Å². The highest BCUT2D eigenvalue weighted by atomic mass is 35.5. The summed E-state index contributed by atoms with van der Waals surface area (Å²) in [5, 5.41) is 12.2. The number of nitrogens with one attached hydrogen (secondary N) is 1. The fourth-order valence-electron chi connectivity index (χ4n) is 2.16. The molecule has 1 amide bonds. The first-order valence-corrected chi connectivity index (χ1v) is 7.81. The van der Waals surface area contributed by atoms with Crippen molar-refractivity contribution in [2.24, 2.45) is 0 Å². The van der Waals surface area contributed by atoms with Crippen LogP contribution in [0.4, 0.5) is 5.69 Å². The van der Waals surface area contributed by atoms with Crippen LogP contribution in [-0.4, -0.2) is 5.91 Å². The molecule has 0 atom stereocenters. The molecule has 124 valence electrons. The van der Waals surface area contributed by atoms with E-state index >= 15 is 0 Å². The summed E-state index contributed by atoms with van der Waals surface area (Å²) in [6.07, 6.45) is 0. The molecule has 3 rings (SSSR count). The van der Waals surface area contributed by atoms with Crippen molar-refractivity contribution in [1.29, 1.82) is 5.26 Å². The van der Waals surface area contributed by atoms with Crippen LogP contribution in [-0.2, 0) is 6.61 Å². The van der Waals surface area contributed by atoms with E-state index in [1.807, 2.05) is 18.2 Å². The highest BCUT2D eigenvalue weighted by Gasteiger charge is 2.13. The van der Waals surface area contributed by atoms with Crippen molar-refractivity contribution >= 4 is 23.2 Å². The number of anilines is 1. The second-order valence-electron chi connectivity index (χ2n) is 5.10. The number of benzene rings is 2. The smallest absolute Gasteiger partial charge is 0.291 e. The van der Waals surface area contributed by atoms with Crippen LogP contribution in [0.25, 0.3) is 0 Å². The predicted octanol–water partition coefficient (Wildman–Crippen LogP) is 4.64. The Labute approximate surface area is 149 Å². The summed E-state index contributed by atoms with van der Waals surface area (Å²) >= 11 is 6.02. The normalized spacial score (nSPS) is 10.1. The van der Waals surface area contributed by atoms with Crippen molar-refractivity contribution < 1.29 is 13.9 Å². The lowest BCUT2D eigenvalue weighted by Gasteiger charge is -2.06. The van der Waals surface area contributed by atoms with Gasteiger partial charge in [0.15, 0.2) is 5.76 Å². The second kappa shape index (κ2) is 7.56. The molecule has 6 heteroatoms. The molecule has 1 aromatic heterocycles. The Bertz CT molecular complexity index is 944. The Morgan fingerprint density at radius 1 is 1.12 bits per heavy atom. The Morgan fingerprint density at radius 3 is 2.68 bits per heavy atom. The Kier molecular flexibility index (Phi) is 5.03. The molecule has 0 bridgehead atoms. The lowest BCUT2D eigenvalue weighted by atomic mass is 10.2. The number of hydrogen-bond acceptors (Lipinski definition) is 4. The van der Waals surface area contributed by atoms with E-state index < -0.39 is 5.91 Å². The highest BCUT2D eigenvalue weighted by molar-refractivity contribution is 6.32. The van der Waals surface area contributed by atoms with Crippen molar-refractivity contribution in [3.05, 3.63) is 82.8 Å². The van der Waals surface area contributed by atoms with E-state index in [9.17, 15) is 4.79 Å². The number of nitriles is 1. The van der Waals surface area contributed by atoms with Gasteiger partial charge in [-0.1, -0.05) is 35.9 Å². The third-order valence-corrected chi connectivity index (χ3v) is 3.70. The number of hydrogen-bond donors (Lipinski definition) is 1. The summed E-state index contributed by atoms with van der Waals surface area (Å²) in [6.45, 7) is 0.145. The second-order valence-corrected chi connectivity index (χ2v) is 5.50. The van der Waals surface area contributed by atoms with Crippen LogP contribution in [0.1, 0.15) is 21.9 Å². The molecule has 0 radical (unpaired) electrons. The zero-order valence-corrected chi connectivity index (χ0v) is 13.8. The predicted molar refractivity (Wildman–Crippen MR) is 93.6 cm³/mol. The molecule has 3 aromatic rings. The monoisotopic (exact) mass is 352 g/mol. The molecule has 25 heavy (non-hydrogen) atoms. The molecule has 0 saturated heterocycles. The lowest BCUT2D eigenvalue weighted by molar-refractivity contribution is 0.0992. The number of furan rings is 1. The minimum absolute atomic E-state index is 0.130. The van der Waals surface area contributed by atoms with Crippen LogP contribution < -0.4 is 10.1 Å². The molecule has 0 saturated carbocycles. The quantitative estimate of drug-likeness (QED) is 0.726. The Hall–Kier alpha value is -3.23. The fraction of sp³-hybridized carbons (Fsp3) is 0.0526. The first kappa shape index (κ1) is 16.6. The molecule has 0 fully saturated rings. The molecule has 0 spiro atoms. The number of halogens is 1. The van der Waals surface area contributed by atoms with Crippen LogP contribution in [0.5, 0.6) is 5.75 Å². The number of rotatable bonds is 5. The molecular weight excluding hydrogens is 340 g/mol. The molecule has 0 aliphatic heterocycles. The minimum atomic E-state index is -0.438. The number of ether oxygens (including phenoxy) is 1. The third kappa shape index (κ3) is 4.00. The van der Waals surface area contributed by atoms with Crippen molar-refractivity contribution in [2.45, 2.75) is 6.61 Å². The van der Waals surface area contributed by atoms with Gasteiger partial charge in [-0.05, 0) is 36.4 Å². The number of nitrogens with zero attached hydrogens (tertiary/aromatic N) is 1. The van der Waals surface area contributed by atoms with Gasteiger partial charge in [0, 0.05) is 0 Å². The summed E-state index contributed by atoms with van der Waals surface area (Å²) in [4.78, 5) is 12.2. The first-order valence-electron chi connectivity index (χ1n) is 7.44.